The van der Waals surface area contributed by atoms with Crippen molar-refractivity contribution in [2.75, 3.05) is 13.2 Å². The number of amides is 1. The van der Waals surface area contributed by atoms with Crippen molar-refractivity contribution in [3.63, 3.8) is 0 Å². The van der Waals surface area contributed by atoms with Gasteiger partial charge in [-0.15, -0.1) is 11.3 Å². The second kappa shape index (κ2) is 11.1. The predicted octanol–water partition coefficient (Wildman–Crippen LogP) is 5.23. The van der Waals surface area contributed by atoms with Crippen molar-refractivity contribution in [2.24, 2.45) is 0 Å². The number of hydrogen-bond donors (Lipinski definition) is 1. The van der Waals surface area contributed by atoms with E-state index in [-0.39, 0.29) is 18.3 Å². The quantitative estimate of drug-likeness (QED) is 0.437. The number of aryl methyl sites for hydroxylation is 4. The van der Waals surface area contributed by atoms with Crippen LogP contribution in [0.5, 0.6) is 5.75 Å². The van der Waals surface area contributed by atoms with Gasteiger partial charge in [-0.2, -0.15) is 0 Å². The standard InChI is InChI=1S/C26H30N2O4S/c1-5-32-26(31)23-19(4)33-22(27-23)16-28(13-9-12-20-10-7-6-8-11-20)25(30)21-14-17(2)24(29)18(3)15-21/h6-8,10-11,14-15,29H,5,9,12-13,16H2,1-4H3. The Morgan fingerprint density at radius 2 is 1.76 bits per heavy atom. The topological polar surface area (TPSA) is 79.7 Å². The van der Waals surface area contributed by atoms with Crippen molar-refractivity contribution in [3.8, 4) is 5.75 Å². The zero-order chi connectivity index (χ0) is 24.0. The lowest BCUT2D eigenvalue weighted by atomic mass is 10.0. The number of hydrogen-bond acceptors (Lipinski definition) is 6. The van der Waals surface area contributed by atoms with E-state index in [2.05, 4.69) is 17.1 Å². The smallest absolute Gasteiger partial charge is 0.358 e. The molecule has 0 saturated heterocycles. The molecule has 7 heteroatoms. The summed E-state index contributed by atoms with van der Waals surface area (Å²) in [7, 11) is 0. The van der Waals surface area contributed by atoms with Crippen molar-refractivity contribution < 1.29 is 19.4 Å². The van der Waals surface area contributed by atoms with Gasteiger partial charge >= 0.3 is 5.97 Å². The average molecular weight is 467 g/mol. The number of phenolic OH excluding ortho intramolecular Hbond substituents is 1. The molecule has 33 heavy (non-hydrogen) atoms. The van der Waals surface area contributed by atoms with E-state index in [4.69, 9.17) is 4.74 Å². The lowest BCUT2D eigenvalue weighted by molar-refractivity contribution is 0.0519. The highest BCUT2D eigenvalue weighted by Gasteiger charge is 2.22. The summed E-state index contributed by atoms with van der Waals surface area (Å²) in [5, 5.41) is 10.8. The molecule has 0 atom stereocenters. The summed E-state index contributed by atoms with van der Waals surface area (Å²) in [6, 6.07) is 13.6. The molecule has 0 aliphatic rings. The molecule has 174 valence electrons. The summed E-state index contributed by atoms with van der Waals surface area (Å²) < 4.78 is 5.10. The monoisotopic (exact) mass is 466 g/mol. The molecule has 0 spiro atoms. The number of ether oxygens (including phenoxy) is 1. The van der Waals surface area contributed by atoms with Gasteiger partial charge in [0.2, 0.25) is 0 Å². The molecule has 3 aromatic rings. The maximum Gasteiger partial charge on any atom is 0.358 e. The lowest BCUT2D eigenvalue weighted by Crippen LogP contribution is -2.32. The van der Waals surface area contributed by atoms with Crippen molar-refractivity contribution in [1.29, 1.82) is 0 Å². The molecule has 0 unspecified atom stereocenters. The Morgan fingerprint density at radius 3 is 2.39 bits per heavy atom. The first-order valence-electron chi connectivity index (χ1n) is 11.1. The highest BCUT2D eigenvalue weighted by molar-refractivity contribution is 7.11. The molecule has 0 radical (unpaired) electrons. The zero-order valence-corrected chi connectivity index (χ0v) is 20.4. The third kappa shape index (κ3) is 6.20. The second-order valence-corrected chi connectivity index (χ2v) is 9.30. The van der Waals surface area contributed by atoms with E-state index in [0.717, 1.165) is 17.7 Å². The molecule has 0 saturated carbocycles. The molecule has 0 aliphatic carbocycles. The van der Waals surface area contributed by atoms with Crippen LogP contribution in [0.25, 0.3) is 0 Å². The minimum Gasteiger partial charge on any atom is -0.507 e. The average Bonchev–Trinajstić information content (AvgIpc) is 3.17. The van der Waals surface area contributed by atoms with Gasteiger partial charge in [-0.3, -0.25) is 4.79 Å². The third-order valence-corrected chi connectivity index (χ3v) is 6.35. The van der Waals surface area contributed by atoms with Gasteiger partial charge in [0.15, 0.2) is 5.69 Å². The van der Waals surface area contributed by atoms with E-state index >= 15 is 0 Å². The predicted molar refractivity (Wildman–Crippen MR) is 130 cm³/mol. The van der Waals surface area contributed by atoms with Crippen molar-refractivity contribution >= 4 is 23.2 Å². The fourth-order valence-electron chi connectivity index (χ4n) is 3.70. The van der Waals surface area contributed by atoms with E-state index in [1.165, 1.54) is 16.9 Å². The number of benzene rings is 2. The van der Waals surface area contributed by atoms with Gasteiger partial charge < -0.3 is 14.7 Å². The minimum atomic E-state index is -0.441. The van der Waals surface area contributed by atoms with Crippen LogP contribution in [-0.2, 0) is 17.7 Å². The maximum absolute atomic E-state index is 13.5. The first kappa shape index (κ1) is 24.5. The van der Waals surface area contributed by atoms with Crippen LogP contribution < -0.4 is 0 Å². The van der Waals surface area contributed by atoms with Gasteiger partial charge in [0.05, 0.1) is 13.2 Å². The Bertz CT molecular complexity index is 1100. The number of rotatable bonds is 9. The maximum atomic E-state index is 13.5. The molecule has 3 rings (SSSR count). The Kier molecular flexibility index (Phi) is 8.22. The molecule has 1 N–H and O–H groups in total. The van der Waals surface area contributed by atoms with E-state index in [1.54, 1.807) is 37.8 Å². The summed E-state index contributed by atoms with van der Waals surface area (Å²) in [5.41, 5.74) is 3.39. The van der Waals surface area contributed by atoms with Crippen LogP contribution in [0.3, 0.4) is 0 Å². The molecule has 1 amide bonds. The van der Waals surface area contributed by atoms with Crippen LogP contribution in [0.15, 0.2) is 42.5 Å². The number of thiazole rings is 1. The van der Waals surface area contributed by atoms with Crippen LogP contribution in [0.4, 0.5) is 0 Å². The van der Waals surface area contributed by atoms with E-state index in [9.17, 15) is 14.7 Å². The number of carbonyl (C=O) groups is 2. The summed E-state index contributed by atoms with van der Waals surface area (Å²) in [6.45, 7) is 8.30. The Labute approximate surface area is 198 Å². The summed E-state index contributed by atoms with van der Waals surface area (Å²) >= 11 is 1.40. The number of aromatic hydroxyl groups is 1. The van der Waals surface area contributed by atoms with Crippen LogP contribution >= 0.6 is 11.3 Å². The van der Waals surface area contributed by atoms with Crippen LogP contribution in [0.1, 0.15) is 60.8 Å². The fraction of sp³-hybridized carbons (Fsp3) is 0.346. The van der Waals surface area contributed by atoms with E-state index in [1.807, 2.05) is 25.1 Å². The summed E-state index contributed by atoms with van der Waals surface area (Å²) in [6.07, 6.45) is 1.64. The molecular formula is C26H30N2O4S. The van der Waals surface area contributed by atoms with Gasteiger partial charge in [0.25, 0.3) is 5.91 Å². The number of nitrogens with zero attached hydrogens (tertiary/aromatic N) is 2. The number of carbonyl (C=O) groups excluding carboxylic acids is 2. The molecule has 0 bridgehead atoms. The largest absolute Gasteiger partial charge is 0.507 e. The number of esters is 1. The van der Waals surface area contributed by atoms with Crippen molar-refractivity contribution in [3.05, 3.63) is 80.3 Å². The van der Waals surface area contributed by atoms with Crippen LogP contribution in [-0.4, -0.2) is 40.0 Å². The van der Waals surface area contributed by atoms with E-state index in [0.29, 0.717) is 40.5 Å². The van der Waals surface area contributed by atoms with Gasteiger partial charge in [0.1, 0.15) is 10.8 Å². The van der Waals surface area contributed by atoms with Gasteiger partial charge in [0, 0.05) is 17.0 Å². The van der Waals surface area contributed by atoms with Crippen molar-refractivity contribution in [1.82, 2.24) is 9.88 Å². The Balaban J connectivity index is 1.83. The Hall–Kier alpha value is -3.19. The van der Waals surface area contributed by atoms with Gasteiger partial charge in [-0.05, 0) is 69.4 Å². The molecular weight excluding hydrogens is 436 g/mol. The molecule has 1 heterocycles. The first-order chi connectivity index (χ1) is 15.8. The molecule has 2 aromatic carbocycles. The highest BCUT2D eigenvalue weighted by Crippen LogP contribution is 2.25. The Morgan fingerprint density at radius 1 is 1.09 bits per heavy atom. The lowest BCUT2D eigenvalue weighted by Gasteiger charge is -2.22. The normalized spacial score (nSPS) is 10.8. The summed E-state index contributed by atoms with van der Waals surface area (Å²) in [4.78, 5) is 32.6. The highest BCUT2D eigenvalue weighted by atomic mass is 32.1. The number of phenols is 1. The fourth-order valence-corrected chi connectivity index (χ4v) is 4.64. The van der Waals surface area contributed by atoms with Gasteiger partial charge in [-0.25, -0.2) is 9.78 Å². The molecule has 6 nitrogen and oxygen atoms in total. The van der Waals surface area contributed by atoms with Crippen LogP contribution in [0, 0.1) is 20.8 Å². The molecule has 0 fully saturated rings. The van der Waals surface area contributed by atoms with E-state index < -0.39 is 5.97 Å². The minimum absolute atomic E-state index is 0.125. The van der Waals surface area contributed by atoms with Crippen molar-refractivity contribution in [2.45, 2.75) is 47.1 Å². The number of aromatic nitrogens is 1. The summed E-state index contributed by atoms with van der Waals surface area (Å²) in [5.74, 6) is -0.360. The van der Waals surface area contributed by atoms with Crippen LogP contribution in [0.2, 0.25) is 0 Å². The second-order valence-electron chi connectivity index (χ2n) is 8.01. The van der Waals surface area contributed by atoms with Gasteiger partial charge in [-0.1, -0.05) is 30.3 Å². The third-order valence-electron chi connectivity index (χ3n) is 5.40. The first-order valence-corrected chi connectivity index (χ1v) is 11.9. The molecule has 1 aromatic heterocycles. The zero-order valence-electron chi connectivity index (χ0n) is 19.6. The SMILES string of the molecule is CCOC(=O)c1nc(CN(CCCc2ccccc2)C(=O)c2cc(C)c(O)c(C)c2)sc1C. The molecule has 0 aliphatic heterocycles.